The molecule has 3 heterocycles. The van der Waals surface area contributed by atoms with E-state index in [1.165, 1.54) is 11.3 Å². The number of carbonyl (C=O) groups is 2. The fraction of sp³-hybridized carbons (Fsp3) is 0.269. The van der Waals surface area contributed by atoms with E-state index in [9.17, 15) is 9.59 Å². The Morgan fingerprint density at radius 2 is 2.03 bits per heavy atom. The lowest BCUT2D eigenvalue weighted by Crippen LogP contribution is -2.44. The van der Waals surface area contributed by atoms with Crippen LogP contribution in [0, 0.1) is 20.8 Å². The zero-order valence-corrected chi connectivity index (χ0v) is 21.9. The van der Waals surface area contributed by atoms with Gasteiger partial charge in [-0.25, -0.2) is 4.98 Å². The van der Waals surface area contributed by atoms with Crippen LogP contribution in [0.4, 0.5) is 0 Å². The fourth-order valence-electron chi connectivity index (χ4n) is 4.28. The highest BCUT2D eigenvalue weighted by Crippen LogP contribution is 2.34. The van der Waals surface area contributed by atoms with Crippen molar-refractivity contribution in [2.75, 3.05) is 18.2 Å². The highest BCUT2D eigenvalue weighted by molar-refractivity contribution is 7.99. The van der Waals surface area contributed by atoms with Gasteiger partial charge < -0.3 is 14.6 Å². The van der Waals surface area contributed by atoms with Crippen LogP contribution in [-0.2, 0) is 0 Å². The van der Waals surface area contributed by atoms with E-state index in [1.807, 2.05) is 49.9 Å². The molecule has 0 unspecified atom stereocenters. The Labute approximate surface area is 216 Å². The van der Waals surface area contributed by atoms with E-state index in [1.54, 1.807) is 23.9 Å². The summed E-state index contributed by atoms with van der Waals surface area (Å²) >= 11 is 9.44. The number of fused-ring (bicyclic) bond motifs is 1. The van der Waals surface area contributed by atoms with Crippen molar-refractivity contribution in [3.63, 3.8) is 0 Å². The molecule has 1 aliphatic rings. The molecule has 1 atom stereocenters. The molecule has 0 bridgehead atoms. The topological polar surface area (TPSA) is 75.4 Å². The van der Waals surface area contributed by atoms with Crippen LogP contribution >= 0.6 is 34.7 Å². The van der Waals surface area contributed by atoms with Gasteiger partial charge in [-0.2, -0.15) is 0 Å². The van der Waals surface area contributed by atoms with E-state index in [0.717, 1.165) is 26.8 Å². The lowest BCUT2D eigenvalue weighted by Gasteiger charge is -2.24. The summed E-state index contributed by atoms with van der Waals surface area (Å²) in [5.74, 6) is 1.68. The lowest BCUT2D eigenvalue weighted by molar-refractivity contribution is 0.0732. The van der Waals surface area contributed by atoms with Crippen molar-refractivity contribution in [3.8, 4) is 10.4 Å². The Morgan fingerprint density at radius 3 is 2.83 bits per heavy atom. The number of nitrogens with one attached hydrogen (secondary N) is 1. The number of amides is 2. The number of carbonyl (C=O) groups excluding carboxylic acids is 2. The molecule has 1 fully saturated rings. The fourth-order valence-corrected chi connectivity index (χ4v) is 6.59. The molecule has 2 aromatic heterocycles. The van der Waals surface area contributed by atoms with Crippen molar-refractivity contribution in [1.29, 1.82) is 0 Å². The van der Waals surface area contributed by atoms with E-state index >= 15 is 0 Å². The molecule has 0 saturated carbocycles. The van der Waals surface area contributed by atoms with E-state index < -0.39 is 0 Å². The molecule has 1 N–H and O–H groups in total. The number of thiazole rings is 1. The van der Waals surface area contributed by atoms with Gasteiger partial charge in [-0.1, -0.05) is 41.4 Å². The summed E-state index contributed by atoms with van der Waals surface area (Å²) in [5, 5.41) is 5.01. The molecule has 2 aromatic carbocycles. The first kappa shape index (κ1) is 23.9. The average Bonchev–Trinajstić information content (AvgIpc) is 3.55. The monoisotopic (exact) mass is 525 g/mol. The van der Waals surface area contributed by atoms with Crippen LogP contribution in [0.1, 0.15) is 37.2 Å². The molecule has 0 spiro atoms. The molecule has 180 valence electrons. The van der Waals surface area contributed by atoms with Gasteiger partial charge >= 0.3 is 0 Å². The minimum Gasteiger partial charge on any atom is -0.460 e. The van der Waals surface area contributed by atoms with Gasteiger partial charge in [-0.05, 0) is 44.5 Å². The first-order valence-electron chi connectivity index (χ1n) is 11.2. The number of hydrogen-bond donors (Lipinski definition) is 1. The molecule has 1 saturated heterocycles. The Balaban J connectivity index is 1.34. The van der Waals surface area contributed by atoms with Crippen LogP contribution in [-0.4, -0.2) is 45.9 Å². The maximum absolute atomic E-state index is 13.6. The molecule has 5 rings (SSSR count). The molecule has 4 aromatic rings. The Bertz CT molecular complexity index is 1450. The van der Waals surface area contributed by atoms with E-state index in [4.69, 9.17) is 16.0 Å². The Hall–Kier alpha value is -2.81. The van der Waals surface area contributed by atoms with Crippen molar-refractivity contribution in [1.82, 2.24) is 15.2 Å². The maximum atomic E-state index is 13.6. The second-order valence-electron chi connectivity index (χ2n) is 8.61. The van der Waals surface area contributed by atoms with Gasteiger partial charge in [0.1, 0.15) is 11.5 Å². The van der Waals surface area contributed by atoms with Crippen molar-refractivity contribution in [2.45, 2.75) is 26.8 Å². The maximum Gasteiger partial charge on any atom is 0.275 e. The highest BCUT2D eigenvalue weighted by atomic mass is 35.5. The van der Waals surface area contributed by atoms with E-state index in [-0.39, 0.29) is 17.9 Å². The minimum atomic E-state index is -0.221. The quantitative estimate of drug-likeness (QED) is 0.342. The van der Waals surface area contributed by atoms with Gasteiger partial charge in [0.15, 0.2) is 5.58 Å². The Morgan fingerprint density at radius 1 is 1.20 bits per heavy atom. The molecule has 6 nitrogen and oxygen atoms in total. The number of nitrogens with zero attached hydrogens (tertiary/aromatic N) is 2. The van der Waals surface area contributed by atoms with Crippen LogP contribution in [0.15, 0.2) is 46.9 Å². The van der Waals surface area contributed by atoms with Gasteiger partial charge in [0.05, 0.1) is 32.4 Å². The van der Waals surface area contributed by atoms with Crippen molar-refractivity contribution >= 4 is 57.5 Å². The van der Waals surface area contributed by atoms with Crippen molar-refractivity contribution < 1.29 is 14.0 Å². The number of hydrogen-bond acceptors (Lipinski definition) is 6. The standard InChI is InChI=1S/C26H24ClN3O3S2/c1-14-5-4-6-17(9-14)24-22(29-16(3)35-24)26(32)30-13-34-12-18(30)11-28-25(31)19-7-8-21(27)23-20(19)10-15(2)33-23/h4-10,18H,11-13H2,1-3H3,(H,28,31)/t18-/m1/s1. The summed E-state index contributed by atoms with van der Waals surface area (Å²) < 4.78 is 5.65. The lowest BCUT2D eigenvalue weighted by atomic mass is 10.1. The third-order valence-corrected chi connectivity index (χ3v) is 8.36. The summed E-state index contributed by atoms with van der Waals surface area (Å²) in [7, 11) is 0. The number of rotatable bonds is 5. The van der Waals surface area contributed by atoms with Crippen LogP contribution in [0.5, 0.6) is 0 Å². The van der Waals surface area contributed by atoms with Gasteiger partial charge in [0.2, 0.25) is 0 Å². The molecule has 2 amide bonds. The van der Waals surface area contributed by atoms with Crippen LogP contribution < -0.4 is 5.32 Å². The van der Waals surface area contributed by atoms with Gasteiger partial charge in [0.25, 0.3) is 11.8 Å². The van der Waals surface area contributed by atoms with Crippen LogP contribution in [0.3, 0.4) is 0 Å². The predicted octanol–water partition coefficient (Wildman–Crippen LogP) is 6.08. The molecule has 9 heteroatoms. The van der Waals surface area contributed by atoms with E-state index in [2.05, 4.69) is 16.4 Å². The number of thioether (sulfide) groups is 1. The summed E-state index contributed by atoms with van der Waals surface area (Å²) in [6, 6.07) is 13.2. The number of aromatic nitrogens is 1. The minimum absolute atomic E-state index is 0.102. The third kappa shape index (κ3) is 4.70. The first-order chi connectivity index (χ1) is 16.8. The van der Waals surface area contributed by atoms with Gasteiger partial charge in [-0.15, -0.1) is 23.1 Å². The molecule has 0 aliphatic carbocycles. The molecular formula is C26H24ClN3O3S2. The van der Waals surface area contributed by atoms with E-state index in [0.29, 0.717) is 45.4 Å². The summed E-state index contributed by atoms with van der Waals surface area (Å²) in [6.45, 7) is 6.12. The first-order valence-corrected chi connectivity index (χ1v) is 13.6. The molecule has 35 heavy (non-hydrogen) atoms. The zero-order chi connectivity index (χ0) is 24.7. The Kier molecular flexibility index (Phi) is 6.61. The molecule has 0 radical (unpaired) electrons. The summed E-state index contributed by atoms with van der Waals surface area (Å²) in [5.41, 5.74) is 3.62. The van der Waals surface area contributed by atoms with Crippen molar-refractivity contribution in [3.05, 3.63) is 75.1 Å². The molecular weight excluding hydrogens is 502 g/mol. The average molecular weight is 526 g/mol. The largest absolute Gasteiger partial charge is 0.460 e. The zero-order valence-electron chi connectivity index (χ0n) is 19.6. The SMILES string of the molecule is Cc1cccc(-c2sc(C)nc2C(=O)N2CSC[C@H]2CNC(=O)c2ccc(Cl)c3oc(C)cc23)c1. The predicted molar refractivity (Wildman–Crippen MR) is 143 cm³/mol. The second-order valence-corrected chi connectivity index (χ2v) is 11.2. The van der Waals surface area contributed by atoms with Crippen molar-refractivity contribution in [2.24, 2.45) is 0 Å². The second kappa shape index (κ2) is 9.68. The van der Waals surface area contributed by atoms with Crippen LogP contribution in [0.25, 0.3) is 21.4 Å². The number of benzene rings is 2. The third-order valence-electron chi connectivity index (χ3n) is 5.96. The summed E-state index contributed by atoms with van der Waals surface area (Å²) in [6.07, 6.45) is 0. The number of furan rings is 1. The summed E-state index contributed by atoms with van der Waals surface area (Å²) in [4.78, 5) is 33.9. The van der Waals surface area contributed by atoms with Gasteiger partial charge in [-0.3, -0.25) is 9.59 Å². The number of halogens is 1. The smallest absolute Gasteiger partial charge is 0.275 e. The van der Waals surface area contributed by atoms with Crippen LogP contribution in [0.2, 0.25) is 5.02 Å². The normalized spacial score (nSPS) is 15.7. The van der Waals surface area contributed by atoms with Gasteiger partial charge in [0, 0.05) is 17.7 Å². The highest BCUT2D eigenvalue weighted by Gasteiger charge is 2.33. The number of aryl methyl sites for hydroxylation is 3. The molecule has 1 aliphatic heterocycles.